The minimum absolute atomic E-state index is 0.339. The lowest BCUT2D eigenvalue weighted by Crippen LogP contribution is -2.54. The van der Waals surface area contributed by atoms with Crippen molar-refractivity contribution >= 4 is 21.8 Å². The van der Waals surface area contributed by atoms with E-state index < -0.39 is 0 Å². The third-order valence-corrected chi connectivity index (χ3v) is 7.57. The van der Waals surface area contributed by atoms with Crippen LogP contribution >= 0.6 is 15.9 Å². The minimum atomic E-state index is 0.339. The largest absolute Gasteiger partial charge is 0.342 e. The molecule has 0 aromatic heterocycles. The predicted octanol–water partition coefficient (Wildman–Crippen LogP) is 4.37. The predicted molar refractivity (Wildman–Crippen MR) is 88.4 cm³/mol. The fourth-order valence-electron chi connectivity index (χ4n) is 6.39. The number of carbonyl (C=O) groups excluding carboxylic acids is 1. The summed E-state index contributed by atoms with van der Waals surface area (Å²) in [5.74, 6) is 2.93. The Morgan fingerprint density at radius 1 is 1.24 bits per heavy atom. The summed E-state index contributed by atoms with van der Waals surface area (Å²) < 4.78 is 0.382. The third-order valence-electron chi connectivity index (χ3n) is 6.65. The molecule has 0 N–H and O–H groups in total. The molecule has 4 aliphatic carbocycles. The Balaban J connectivity index is 1.47. The summed E-state index contributed by atoms with van der Waals surface area (Å²) >= 11 is 4.06. The van der Waals surface area contributed by atoms with Gasteiger partial charge in [-0.25, -0.2) is 0 Å². The molecule has 1 aliphatic heterocycles. The van der Waals surface area contributed by atoms with Crippen molar-refractivity contribution in [3.05, 3.63) is 0 Å². The van der Waals surface area contributed by atoms with Gasteiger partial charge in [0.1, 0.15) is 0 Å². The van der Waals surface area contributed by atoms with Crippen molar-refractivity contribution in [1.82, 2.24) is 4.90 Å². The molecule has 5 fully saturated rings. The van der Waals surface area contributed by atoms with E-state index in [2.05, 4.69) is 27.8 Å². The lowest BCUT2D eigenvalue weighted by atomic mass is 9.48. The summed E-state index contributed by atoms with van der Waals surface area (Å²) in [7, 11) is 0. The first-order chi connectivity index (χ1) is 9.95. The third kappa shape index (κ3) is 2.68. The summed E-state index contributed by atoms with van der Waals surface area (Å²) in [4.78, 5) is 15.0. The Hall–Kier alpha value is -0.0500. The number of amides is 1. The summed E-state index contributed by atoms with van der Waals surface area (Å²) in [6, 6.07) is 0. The standard InChI is InChI=1S/C18H28BrNO/c1-13-3-2-4-20(11-13)16(21)10-17-6-14-5-15(7-17)9-18(19,8-14)12-17/h13-15H,2-12H2,1H3/t13-,14+,15+,17?,18?/m0/s1. The summed E-state index contributed by atoms with van der Waals surface area (Å²) in [5.41, 5.74) is 0.339. The molecule has 5 aliphatic rings. The molecule has 0 aromatic carbocycles. The van der Waals surface area contributed by atoms with Gasteiger partial charge in [-0.2, -0.15) is 0 Å². The summed E-state index contributed by atoms with van der Waals surface area (Å²) in [5, 5.41) is 0. The lowest BCUT2D eigenvalue weighted by Gasteiger charge is -2.60. The molecule has 0 radical (unpaired) electrons. The van der Waals surface area contributed by atoms with Crippen molar-refractivity contribution in [2.24, 2.45) is 23.2 Å². The van der Waals surface area contributed by atoms with Gasteiger partial charge in [0.05, 0.1) is 0 Å². The van der Waals surface area contributed by atoms with Gasteiger partial charge in [-0.3, -0.25) is 4.79 Å². The van der Waals surface area contributed by atoms with Gasteiger partial charge in [0.2, 0.25) is 5.91 Å². The summed E-state index contributed by atoms with van der Waals surface area (Å²) in [6.07, 6.45) is 11.4. The van der Waals surface area contributed by atoms with E-state index in [-0.39, 0.29) is 0 Å². The van der Waals surface area contributed by atoms with Crippen LogP contribution in [-0.2, 0) is 4.79 Å². The highest BCUT2D eigenvalue weighted by molar-refractivity contribution is 9.10. The van der Waals surface area contributed by atoms with Crippen LogP contribution in [0.1, 0.15) is 64.7 Å². The number of alkyl halides is 1. The van der Waals surface area contributed by atoms with Crippen molar-refractivity contribution < 1.29 is 4.79 Å². The van der Waals surface area contributed by atoms with E-state index in [1.165, 1.54) is 51.4 Å². The average Bonchev–Trinajstić information content (AvgIpc) is 2.34. The highest BCUT2D eigenvalue weighted by Crippen LogP contribution is 2.65. The number of likely N-dealkylation sites (tertiary alicyclic amines) is 1. The van der Waals surface area contributed by atoms with Crippen LogP contribution in [0, 0.1) is 23.2 Å². The molecule has 4 bridgehead atoms. The van der Waals surface area contributed by atoms with Gasteiger partial charge < -0.3 is 4.90 Å². The van der Waals surface area contributed by atoms with E-state index in [0.29, 0.717) is 21.6 Å². The van der Waals surface area contributed by atoms with Crippen LogP contribution in [-0.4, -0.2) is 28.2 Å². The molecule has 0 unspecified atom stereocenters. The van der Waals surface area contributed by atoms with Crippen molar-refractivity contribution in [1.29, 1.82) is 0 Å². The molecule has 21 heavy (non-hydrogen) atoms. The zero-order chi connectivity index (χ0) is 14.7. The van der Waals surface area contributed by atoms with Crippen molar-refractivity contribution in [2.75, 3.05) is 13.1 Å². The zero-order valence-electron chi connectivity index (χ0n) is 13.2. The molecule has 118 valence electrons. The van der Waals surface area contributed by atoms with E-state index in [1.54, 1.807) is 0 Å². The average molecular weight is 354 g/mol. The fraction of sp³-hybridized carbons (Fsp3) is 0.944. The Bertz CT molecular complexity index is 434. The molecule has 0 spiro atoms. The van der Waals surface area contributed by atoms with Crippen LogP contribution in [0.4, 0.5) is 0 Å². The Morgan fingerprint density at radius 3 is 2.57 bits per heavy atom. The minimum Gasteiger partial charge on any atom is -0.342 e. The first-order valence-corrected chi connectivity index (χ1v) is 9.71. The van der Waals surface area contributed by atoms with Gasteiger partial charge >= 0.3 is 0 Å². The lowest BCUT2D eigenvalue weighted by molar-refractivity contribution is -0.140. The SMILES string of the molecule is C[C@H]1CCCN(C(=O)CC23C[C@H]4C[C@@H](CC(Br)(C4)C2)C3)C1. The van der Waals surface area contributed by atoms with Gasteiger partial charge in [0.15, 0.2) is 0 Å². The van der Waals surface area contributed by atoms with Gasteiger partial charge in [-0.1, -0.05) is 22.9 Å². The molecule has 0 aromatic rings. The first kappa shape index (κ1) is 14.5. The number of hydrogen-bond donors (Lipinski definition) is 0. The van der Waals surface area contributed by atoms with E-state index in [4.69, 9.17) is 0 Å². The molecule has 1 saturated heterocycles. The van der Waals surface area contributed by atoms with Gasteiger partial charge in [0.25, 0.3) is 0 Å². The number of carbonyl (C=O) groups is 1. The second-order valence-corrected chi connectivity index (χ2v) is 10.6. The van der Waals surface area contributed by atoms with E-state index >= 15 is 0 Å². The number of halogens is 1. The normalized spacial score (nSPS) is 48.7. The molecule has 3 atom stereocenters. The second kappa shape index (κ2) is 4.97. The van der Waals surface area contributed by atoms with Crippen LogP contribution in [0.25, 0.3) is 0 Å². The molecule has 1 heterocycles. The maximum atomic E-state index is 12.8. The topological polar surface area (TPSA) is 20.3 Å². The van der Waals surface area contributed by atoms with E-state index in [1.807, 2.05) is 0 Å². The van der Waals surface area contributed by atoms with Crippen LogP contribution < -0.4 is 0 Å². The Labute approximate surface area is 137 Å². The molecule has 1 amide bonds. The summed E-state index contributed by atoms with van der Waals surface area (Å²) in [6.45, 7) is 4.30. The van der Waals surface area contributed by atoms with Crippen LogP contribution in [0.2, 0.25) is 0 Å². The van der Waals surface area contributed by atoms with Crippen molar-refractivity contribution in [3.8, 4) is 0 Å². The van der Waals surface area contributed by atoms with Crippen molar-refractivity contribution in [3.63, 3.8) is 0 Å². The number of nitrogens with zero attached hydrogens (tertiary/aromatic N) is 1. The van der Waals surface area contributed by atoms with Crippen LogP contribution in [0.3, 0.4) is 0 Å². The van der Waals surface area contributed by atoms with Crippen LogP contribution in [0.15, 0.2) is 0 Å². The van der Waals surface area contributed by atoms with Gasteiger partial charge in [0, 0.05) is 23.8 Å². The molecular formula is C18H28BrNO. The highest BCUT2D eigenvalue weighted by atomic mass is 79.9. The maximum Gasteiger partial charge on any atom is 0.223 e. The quantitative estimate of drug-likeness (QED) is 0.675. The number of piperidine rings is 1. The molecule has 5 rings (SSSR count). The molecular weight excluding hydrogens is 326 g/mol. The van der Waals surface area contributed by atoms with Gasteiger partial charge in [-0.05, 0) is 74.5 Å². The smallest absolute Gasteiger partial charge is 0.223 e. The van der Waals surface area contributed by atoms with E-state index in [0.717, 1.165) is 31.3 Å². The molecule has 3 heteroatoms. The first-order valence-electron chi connectivity index (χ1n) is 8.92. The van der Waals surface area contributed by atoms with Gasteiger partial charge in [-0.15, -0.1) is 0 Å². The Morgan fingerprint density at radius 2 is 1.95 bits per heavy atom. The Kier molecular flexibility index (Phi) is 3.44. The number of hydrogen-bond acceptors (Lipinski definition) is 1. The fourth-order valence-corrected chi connectivity index (χ4v) is 7.90. The molecule has 2 nitrogen and oxygen atoms in total. The monoisotopic (exact) mass is 353 g/mol. The van der Waals surface area contributed by atoms with E-state index in [9.17, 15) is 4.79 Å². The zero-order valence-corrected chi connectivity index (χ0v) is 14.8. The van der Waals surface area contributed by atoms with Crippen LogP contribution in [0.5, 0.6) is 0 Å². The number of rotatable bonds is 2. The highest BCUT2D eigenvalue weighted by Gasteiger charge is 2.57. The maximum absolute atomic E-state index is 12.8. The molecule has 4 saturated carbocycles. The second-order valence-electron chi connectivity index (χ2n) is 8.88. The van der Waals surface area contributed by atoms with Crippen molar-refractivity contribution in [2.45, 2.75) is 69.0 Å².